The van der Waals surface area contributed by atoms with Crippen LogP contribution in [0.4, 0.5) is 0 Å². The molecule has 0 amide bonds. The average Bonchev–Trinajstić information content (AvgIpc) is 2.89. The van der Waals surface area contributed by atoms with Gasteiger partial charge in [0.1, 0.15) is 11.8 Å². The van der Waals surface area contributed by atoms with Crippen LogP contribution >= 0.6 is 15.9 Å². The first-order chi connectivity index (χ1) is 11.1. The van der Waals surface area contributed by atoms with Crippen molar-refractivity contribution in [3.05, 3.63) is 44.7 Å². The number of aromatic amines is 1. The minimum atomic E-state index is -0.293. The fourth-order valence-corrected chi connectivity index (χ4v) is 3.36. The van der Waals surface area contributed by atoms with Crippen LogP contribution in [-0.4, -0.2) is 26.8 Å². The summed E-state index contributed by atoms with van der Waals surface area (Å²) in [6, 6.07) is 5.55. The smallest absolute Gasteiger partial charge is 0.132 e. The first-order valence-corrected chi connectivity index (χ1v) is 7.89. The van der Waals surface area contributed by atoms with Crippen LogP contribution in [0.3, 0.4) is 0 Å². The SMILES string of the molecule is N#Cc1[nH]c(CCN)c(-c2ccc(CO)c(CO)c2CO)c1Br. The summed E-state index contributed by atoms with van der Waals surface area (Å²) in [5, 5.41) is 38.0. The number of nitrogens with one attached hydrogen (secondary N) is 1. The van der Waals surface area contributed by atoms with Gasteiger partial charge in [0.2, 0.25) is 0 Å². The minimum absolute atomic E-state index is 0.226. The molecule has 0 saturated heterocycles. The molecule has 2 rings (SSSR count). The molecule has 0 bridgehead atoms. The van der Waals surface area contributed by atoms with Crippen molar-refractivity contribution in [3.63, 3.8) is 0 Å². The molecule has 0 aliphatic heterocycles. The first-order valence-electron chi connectivity index (χ1n) is 7.09. The van der Waals surface area contributed by atoms with Crippen LogP contribution < -0.4 is 5.73 Å². The van der Waals surface area contributed by atoms with Crippen LogP contribution in [0.1, 0.15) is 28.1 Å². The van der Waals surface area contributed by atoms with Crippen molar-refractivity contribution in [2.24, 2.45) is 5.73 Å². The molecule has 0 radical (unpaired) electrons. The molecule has 0 aliphatic carbocycles. The number of aliphatic hydroxyl groups excluding tert-OH is 3. The van der Waals surface area contributed by atoms with Crippen molar-refractivity contribution in [2.45, 2.75) is 26.2 Å². The predicted octanol–water partition coefficient (Wildman–Crippen LogP) is 1.29. The third-order valence-electron chi connectivity index (χ3n) is 3.81. The van der Waals surface area contributed by atoms with Gasteiger partial charge in [-0.25, -0.2) is 0 Å². The largest absolute Gasteiger partial charge is 0.392 e. The number of aromatic nitrogens is 1. The molecule has 6 nitrogen and oxygen atoms in total. The quantitative estimate of drug-likeness (QED) is 0.516. The van der Waals surface area contributed by atoms with Crippen LogP contribution in [0.2, 0.25) is 0 Å². The summed E-state index contributed by atoms with van der Waals surface area (Å²) >= 11 is 3.43. The molecule has 1 aromatic carbocycles. The minimum Gasteiger partial charge on any atom is -0.392 e. The Labute approximate surface area is 142 Å². The fraction of sp³-hybridized carbons (Fsp3) is 0.312. The fourth-order valence-electron chi connectivity index (χ4n) is 2.72. The molecule has 1 aromatic heterocycles. The summed E-state index contributed by atoms with van der Waals surface area (Å²) in [7, 11) is 0. The van der Waals surface area contributed by atoms with Gasteiger partial charge in [-0.1, -0.05) is 12.1 Å². The highest BCUT2D eigenvalue weighted by Crippen LogP contribution is 2.38. The number of hydrogen-bond acceptors (Lipinski definition) is 5. The molecular formula is C16H18BrN3O3. The van der Waals surface area contributed by atoms with Crippen LogP contribution in [-0.2, 0) is 26.2 Å². The Morgan fingerprint density at radius 1 is 1.13 bits per heavy atom. The number of nitrogens with zero attached hydrogens (tertiary/aromatic N) is 1. The number of halogens is 1. The highest BCUT2D eigenvalue weighted by Gasteiger charge is 2.21. The molecule has 1 heterocycles. The highest BCUT2D eigenvalue weighted by atomic mass is 79.9. The van der Waals surface area contributed by atoms with Gasteiger partial charge in [-0.05, 0) is 44.7 Å². The lowest BCUT2D eigenvalue weighted by Gasteiger charge is -2.16. The monoisotopic (exact) mass is 379 g/mol. The van der Waals surface area contributed by atoms with E-state index in [0.29, 0.717) is 45.4 Å². The van der Waals surface area contributed by atoms with E-state index in [4.69, 9.17) is 5.73 Å². The molecule has 0 unspecified atom stereocenters. The Morgan fingerprint density at radius 3 is 2.35 bits per heavy atom. The van der Waals surface area contributed by atoms with Crippen molar-refractivity contribution in [2.75, 3.05) is 6.54 Å². The molecule has 23 heavy (non-hydrogen) atoms. The zero-order valence-corrected chi connectivity index (χ0v) is 14.0. The maximum Gasteiger partial charge on any atom is 0.132 e. The lowest BCUT2D eigenvalue weighted by Crippen LogP contribution is -2.06. The van der Waals surface area contributed by atoms with Crippen LogP contribution in [0.5, 0.6) is 0 Å². The van der Waals surface area contributed by atoms with Crippen LogP contribution in [0.15, 0.2) is 16.6 Å². The van der Waals surface area contributed by atoms with E-state index >= 15 is 0 Å². The van der Waals surface area contributed by atoms with Gasteiger partial charge in [-0.15, -0.1) is 0 Å². The van der Waals surface area contributed by atoms with E-state index in [9.17, 15) is 20.6 Å². The van der Waals surface area contributed by atoms with E-state index in [1.54, 1.807) is 12.1 Å². The van der Waals surface area contributed by atoms with E-state index in [-0.39, 0.29) is 19.8 Å². The molecule has 0 saturated carbocycles. The van der Waals surface area contributed by atoms with E-state index in [2.05, 4.69) is 27.0 Å². The Kier molecular flexibility index (Phi) is 5.93. The molecule has 0 aliphatic rings. The molecule has 0 fully saturated rings. The number of nitrogens with two attached hydrogens (primary N) is 1. The average molecular weight is 380 g/mol. The van der Waals surface area contributed by atoms with E-state index in [1.807, 2.05) is 0 Å². The van der Waals surface area contributed by atoms with Gasteiger partial charge in [-0.3, -0.25) is 0 Å². The van der Waals surface area contributed by atoms with Gasteiger partial charge in [0.15, 0.2) is 0 Å². The molecule has 0 atom stereocenters. The molecule has 6 N–H and O–H groups in total. The lowest BCUT2D eigenvalue weighted by atomic mass is 9.92. The second kappa shape index (κ2) is 7.73. The summed E-state index contributed by atoms with van der Waals surface area (Å²) in [5.74, 6) is 0. The maximum atomic E-state index is 9.78. The van der Waals surface area contributed by atoms with Crippen molar-refractivity contribution in [1.82, 2.24) is 4.98 Å². The summed E-state index contributed by atoms with van der Waals surface area (Å²) in [6.45, 7) is -0.406. The van der Waals surface area contributed by atoms with Gasteiger partial charge in [-0.2, -0.15) is 5.26 Å². The summed E-state index contributed by atoms with van der Waals surface area (Å²) < 4.78 is 0.596. The van der Waals surface area contributed by atoms with Crippen LogP contribution in [0.25, 0.3) is 11.1 Å². The van der Waals surface area contributed by atoms with Gasteiger partial charge < -0.3 is 26.0 Å². The Morgan fingerprint density at radius 2 is 1.83 bits per heavy atom. The number of rotatable bonds is 6. The van der Waals surface area contributed by atoms with Crippen molar-refractivity contribution < 1.29 is 15.3 Å². The Balaban J connectivity index is 2.76. The normalized spacial score (nSPS) is 10.8. The molecule has 7 heteroatoms. The van der Waals surface area contributed by atoms with E-state index < -0.39 is 0 Å². The number of aliphatic hydroxyl groups is 3. The summed E-state index contributed by atoms with van der Waals surface area (Å²) in [4.78, 5) is 3.04. The lowest BCUT2D eigenvalue weighted by molar-refractivity contribution is 0.248. The van der Waals surface area contributed by atoms with E-state index in [0.717, 1.165) is 11.3 Å². The Hall–Kier alpha value is -1.69. The third kappa shape index (κ3) is 3.17. The molecule has 0 spiro atoms. The summed E-state index contributed by atoms with van der Waals surface area (Å²) in [5.41, 5.74) is 9.83. The van der Waals surface area contributed by atoms with Crippen molar-refractivity contribution in [1.29, 1.82) is 5.26 Å². The summed E-state index contributed by atoms with van der Waals surface area (Å²) in [6.07, 6.45) is 0.538. The number of H-pyrrole nitrogens is 1. The Bertz CT molecular complexity index is 750. The highest BCUT2D eigenvalue weighted by molar-refractivity contribution is 9.10. The molecular weight excluding hydrogens is 362 g/mol. The zero-order valence-electron chi connectivity index (χ0n) is 12.4. The van der Waals surface area contributed by atoms with E-state index in [1.165, 1.54) is 0 Å². The van der Waals surface area contributed by atoms with Crippen molar-refractivity contribution in [3.8, 4) is 17.2 Å². The zero-order chi connectivity index (χ0) is 17.0. The second-order valence-electron chi connectivity index (χ2n) is 5.02. The number of nitriles is 1. The predicted molar refractivity (Wildman–Crippen MR) is 89.2 cm³/mol. The van der Waals surface area contributed by atoms with Gasteiger partial charge >= 0.3 is 0 Å². The number of hydrogen-bond donors (Lipinski definition) is 5. The van der Waals surface area contributed by atoms with Gasteiger partial charge in [0, 0.05) is 17.7 Å². The molecule has 2 aromatic rings. The standard InChI is InChI=1S/C16H18BrN3O3/c17-16-14(5-19)20-13(3-4-18)15(16)10-2-1-9(6-21)11(7-22)12(10)8-23/h1-2,20-23H,3-4,6-8,18H2. The van der Waals surface area contributed by atoms with Crippen molar-refractivity contribution >= 4 is 15.9 Å². The second-order valence-corrected chi connectivity index (χ2v) is 5.81. The first kappa shape index (κ1) is 17.7. The van der Waals surface area contributed by atoms with Crippen LogP contribution in [0, 0.1) is 11.3 Å². The van der Waals surface area contributed by atoms with Gasteiger partial charge in [0.05, 0.1) is 24.3 Å². The molecule has 122 valence electrons. The topological polar surface area (TPSA) is 126 Å². The maximum absolute atomic E-state index is 9.78. The van der Waals surface area contributed by atoms with Gasteiger partial charge in [0.25, 0.3) is 0 Å². The third-order valence-corrected chi connectivity index (χ3v) is 4.60. The number of benzene rings is 1.